The van der Waals surface area contributed by atoms with Crippen molar-refractivity contribution in [3.8, 4) is 0 Å². The Balaban J connectivity index is 1.73. The van der Waals surface area contributed by atoms with Crippen molar-refractivity contribution >= 4 is 35.2 Å². The van der Waals surface area contributed by atoms with Crippen LogP contribution in [0.4, 0.5) is 0 Å². The number of hydrogen-bond donors (Lipinski definition) is 1. The molecule has 2 rings (SSSR count). The molecule has 0 aliphatic rings. The Morgan fingerprint density at radius 2 is 2.28 bits per heavy atom. The molecule has 2 aromatic heterocycles. The maximum Gasteiger partial charge on any atom is 0.250 e. The zero-order valence-electron chi connectivity index (χ0n) is 9.31. The maximum atomic E-state index is 11.4. The summed E-state index contributed by atoms with van der Waals surface area (Å²) in [5, 5.41) is 6.39. The van der Waals surface area contributed by atoms with Crippen LogP contribution in [0.25, 0.3) is 0 Å². The number of thiophene rings is 1. The highest BCUT2D eigenvalue weighted by Gasteiger charge is 2.02. The molecule has 1 amide bonds. The summed E-state index contributed by atoms with van der Waals surface area (Å²) in [4.78, 5) is 20.5. The molecule has 5 nitrogen and oxygen atoms in total. The van der Waals surface area contributed by atoms with Gasteiger partial charge in [-0.2, -0.15) is 5.10 Å². The molecular formula is C11H10N4OS2. The molecule has 18 heavy (non-hydrogen) atoms. The largest absolute Gasteiger partial charge is 0.272 e. The summed E-state index contributed by atoms with van der Waals surface area (Å²) < 4.78 is 0. The highest BCUT2D eigenvalue weighted by atomic mass is 32.2. The van der Waals surface area contributed by atoms with Gasteiger partial charge in [-0.1, -0.05) is 17.8 Å². The van der Waals surface area contributed by atoms with E-state index in [9.17, 15) is 4.79 Å². The zero-order valence-corrected chi connectivity index (χ0v) is 10.9. The molecule has 0 aromatic carbocycles. The van der Waals surface area contributed by atoms with E-state index in [1.165, 1.54) is 11.8 Å². The minimum Gasteiger partial charge on any atom is -0.272 e. The van der Waals surface area contributed by atoms with Crippen LogP contribution in [-0.4, -0.2) is 27.8 Å². The van der Waals surface area contributed by atoms with Crippen LogP contribution in [0.15, 0.2) is 46.2 Å². The predicted octanol–water partition coefficient (Wildman–Crippen LogP) is 1.78. The van der Waals surface area contributed by atoms with Crippen LogP contribution in [0.5, 0.6) is 0 Å². The third-order valence-electron chi connectivity index (χ3n) is 1.80. The lowest BCUT2D eigenvalue weighted by Crippen LogP contribution is -2.19. The van der Waals surface area contributed by atoms with Crippen molar-refractivity contribution in [2.24, 2.45) is 5.10 Å². The van der Waals surface area contributed by atoms with E-state index in [2.05, 4.69) is 20.5 Å². The van der Waals surface area contributed by atoms with Crippen molar-refractivity contribution in [2.75, 3.05) is 5.75 Å². The van der Waals surface area contributed by atoms with Crippen LogP contribution in [-0.2, 0) is 4.79 Å². The van der Waals surface area contributed by atoms with Crippen LogP contribution in [0.1, 0.15) is 4.88 Å². The second-order valence-electron chi connectivity index (χ2n) is 3.13. The first kappa shape index (κ1) is 12.7. The molecule has 0 unspecified atom stereocenters. The molecule has 0 spiro atoms. The summed E-state index contributed by atoms with van der Waals surface area (Å²) in [6.45, 7) is 0. The lowest BCUT2D eigenvalue weighted by Gasteiger charge is -1.98. The highest BCUT2D eigenvalue weighted by molar-refractivity contribution is 7.99. The van der Waals surface area contributed by atoms with E-state index in [1.54, 1.807) is 36.0 Å². The molecule has 0 fully saturated rings. The minimum absolute atomic E-state index is 0.180. The molecule has 7 heteroatoms. The van der Waals surface area contributed by atoms with Crippen LogP contribution in [0, 0.1) is 0 Å². The van der Waals surface area contributed by atoms with Gasteiger partial charge in [0.1, 0.15) is 0 Å². The molecule has 1 N–H and O–H groups in total. The van der Waals surface area contributed by atoms with Gasteiger partial charge in [0.15, 0.2) is 5.16 Å². The van der Waals surface area contributed by atoms with Crippen LogP contribution in [0.2, 0.25) is 0 Å². The SMILES string of the molecule is O=C(CSc1ncccn1)N/N=C\c1cccs1. The van der Waals surface area contributed by atoms with Crippen LogP contribution < -0.4 is 5.43 Å². The van der Waals surface area contributed by atoms with Crippen LogP contribution >= 0.6 is 23.1 Å². The molecule has 0 radical (unpaired) electrons. The van der Waals surface area contributed by atoms with E-state index in [0.717, 1.165) is 4.88 Å². The summed E-state index contributed by atoms with van der Waals surface area (Å²) in [7, 11) is 0. The molecule has 92 valence electrons. The Hall–Kier alpha value is -1.73. The molecule has 0 saturated carbocycles. The molecule has 2 aromatic rings. The van der Waals surface area contributed by atoms with Crippen LogP contribution in [0.3, 0.4) is 0 Å². The lowest BCUT2D eigenvalue weighted by atomic mass is 10.5. The second-order valence-corrected chi connectivity index (χ2v) is 5.05. The normalized spacial score (nSPS) is 10.7. The Bertz CT molecular complexity index is 513. The number of rotatable bonds is 5. The first-order chi connectivity index (χ1) is 8.84. The predicted molar refractivity (Wildman–Crippen MR) is 72.8 cm³/mol. The summed E-state index contributed by atoms with van der Waals surface area (Å²) in [5.41, 5.74) is 2.45. The third kappa shape index (κ3) is 4.27. The number of carbonyl (C=O) groups is 1. The van der Waals surface area contributed by atoms with Gasteiger partial charge >= 0.3 is 0 Å². The summed E-state index contributed by atoms with van der Waals surface area (Å²) in [6.07, 6.45) is 4.90. The molecule has 0 bridgehead atoms. The fraction of sp³-hybridized carbons (Fsp3) is 0.0909. The summed E-state index contributed by atoms with van der Waals surface area (Å²) in [6, 6.07) is 5.58. The number of nitrogens with zero attached hydrogens (tertiary/aromatic N) is 3. The second kappa shape index (κ2) is 6.87. The van der Waals surface area contributed by atoms with E-state index in [4.69, 9.17) is 0 Å². The third-order valence-corrected chi connectivity index (χ3v) is 3.48. The Kier molecular flexibility index (Phi) is 4.86. The molecule has 0 aliphatic carbocycles. The Morgan fingerprint density at radius 1 is 1.44 bits per heavy atom. The smallest absolute Gasteiger partial charge is 0.250 e. The van der Waals surface area contributed by atoms with Gasteiger partial charge in [0.05, 0.1) is 12.0 Å². The van der Waals surface area contributed by atoms with Crippen molar-refractivity contribution in [2.45, 2.75) is 5.16 Å². The number of nitrogens with one attached hydrogen (secondary N) is 1. The van der Waals surface area contributed by atoms with Gasteiger partial charge < -0.3 is 0 Å². The Labute approximate surface area is 112 Å². The number of carbonyl (C=O) groups excluding carboxylic acids is 1. The topological polar surface area (TPSA) is 67.2 Å². The average molecular weight is 278 g/mol. The monoisotopic (exact) mass is 278 g/mol. The number of hydrazone groups is 1. The van der Waals surface area contributed by atoms with Crippen molar-refractivity contribution in [3.05, 3.63) is 40.8 Å². The number of hydrogen-bond acceptors (Lipinski definition) is 6. The first-order valence-corrected chi connectivity index (χ1v) is 6.96. The first-order valence-electron chi connectivity index (χ1n) is 5.10. The summed E-state index contributed by atoms with van der Waals surface area (Å²) >= 11 is 2.83. The quantitative estimate of drug-likeness (QED) is 0.392. The van der Waals surface area contributed by atoms with E-state index >= 15 is 0 Å². The summed E-state index contributed by atoms with van der Waals surface area (Å²) in [5.74, 6) is 0.0615. The van der Waals surface area contributed by atoms with Gasteiger partial charge in [-0.15, -0.1) is 11.3 Å². The van der Waals surface area contributed by atoms with E-state index in [-0.39, 0.29) is 11.7 Å². The molecule has 0 atom stereocenters. The van der Waals surface area contributed by atoms with E-state index in [1.807, 2.05) is 17.5 Å². The van der Waals surface area contributed by atoms with Gasteiger partial charge in [0.2, 0.25) is 0 Å². The van der Waals surface area contributed by atoms with Gasteiger partial charge in [-0.05, 0) is 17.5 Å². The van der Waals surface area contributed by atoms with Crippen molar-refractivity contribution in [1.29, 1.82) is 0 Å². The van der Waals surface area contributed by atoms with Crippen molar-refractivity contribution in [1.82, 2.24) is 15.4 Å². The number of thioether (sulfide) groups is 1. The lowest BCUT2D eigenvalue weighted by molar-refractivity contribution is -0.118. The van der Waals surface area contributed by atoms with Gasteiger partial charge in [-0.25, -0.2) is 15.4 Å². The maximum absolute atomic E-state index is 11.4. The fourth-order valence-corrected chi connectivity index (χ4v) is 2.24. The van der Waals surface area contributed by atoms with Crippen molar-refractivity contribution in [3.63, 3.8) is 0 Å². The van der Waals surface area contributed by atoms with Gasteiger partial charge in [-0.3, -0.25) is 4.79 Å². The van der Waals surface area contributed by atoms with Crippen molar-refractivity contribution < 1.29 is 4.79 Å². The number of aromatic nitrogens is 2. The van der Waals surface area contributed by atoms with E-state index < -0.39 is 0 Å². The highest BCUT2D eigenvalue weighted by Crippen LogP contribution is 2.09. The number of amides is 1. The average Bonchev–Trinajstić information content (AvgIpc) is 2.91. The Morgan fingerprint density at radius 3 is 3.00 bits per heavy atom. The van der Waals surface area contributed by atoms with Gasteiger partial charge in [0.25, 0.3) is 5.91 Å². The molecular weight excluding hydrogens is 268 g/mol. The molecule has 0 aliphatic heterocycles. The van der Waals surface area contributed by atoms with E-state index in [0.29, 0.717) is 5.16 Å². The standard InChI is InChI=1S/C11H10N4OS2/c16-10(8-18-11-12-4-2-5-13-11)15-14-7-9-3-1-6-17-9/h1-7H,8H2,(H,15,16)/b14-7-. The molecule has 2 heterocycles. The molecule has 0 saturated heterocycles. The zero-order chi connectivity index (χ0) is 12.6. The fourth-order valence-electron chi connectivity index (χ4n) is 1.05. The van der Waals surface area contributed by atoms with Gasteiger partial charge in [0, 0.05) is 17.3 Å². The minimum atomic E-state index is -0.180.